The lowest BCUT2D eigenvalue weighted by Gasteiger charge is -2.33. The first-order chi connectivity index (χ1) is 12.5. The van der Waals surface area contributed by atoms with E-state index in [1.165, 1.54) is 19.3 Å². The maximum Gasteiger partial charge on any atom is 0.322 e. The Morgan fingerprint density at radius 2 is 2.19 bits per heavy atom. The number of aryl methyl sites for hydroxylation is 1. The highest BCUT2D eigenvalue weighted by Crippen LogP contribution is 2.18. The van der Waals surface area contributed by atoms with Crippen molar-refractivity contribution in [2.75, 3.05) is 32.5 Å². The third kappa shape index (κ3) is 4.40. The molecule has 2 aromatic heterocycles. The molecule has 3 rings (SSSR count). The van der Waals surface area contributed by atoms with Gasteiger partial charge < -0.3 is 9.80 Å². The summed E-state index contributed by atoms with van der Waals surface area (Å²) >= 11 is 0. The average Bonchev–Trinajstić information content (AvgIpc) is 3.09. The Labute approximate surface area is 155 Å². The Bertz CT molecular complexity index is 743. The zero-order chi connectivity index (χ0) is 18.5. The molecule has 0 aliphatic carbocycles. The first kappa shape index (κ1) is 18.4. The monoisotopic (exact) mass is 356 g/mol. The minimum absolute atomic E-state index is 0.127. The molecular formula is C19H28N6O. The zero-order valence-corrected chi connectivity index (χ0v) is 15.9. The van der Waals surface area contributed by atoms with Gasteiger partial charge >= 0.3 is 6.03 Å². The van der Waals surface area contributed by atoms with Gasteiger partial charge in [0.15, 0.2) is 5.82 Å². The number of aromatic nitrogens is 3. The number of likely N-dealkylation sites (tertiary alicyclic amines) is 1. The number of hydrogen-bond acceptors (Lipinski definition) is 4. The van der Waals surface area contributed by atoms with Gasteiger partial charge in [0.05, 0.1) is 6.20 Å². The van der Waals surface area contributed by atoms with Crippen LogP contribution >= 0.6 is 0 Å². The summed E-state index contributed by atoms with van der Waals surface area (Å²) in [5, 5.41) is 7.22. The molecule has 0 unspecified atom stereocenters. The number of carbonyl (C=O) groups is 1. The number of rotatable bonds is 5. The number of urea groups is 1. The molecule has 3 heterocycles. The van der Waals surface area contributed by atoms with Crippen molar-refractivity contribution in [2.45, 2.75) is 38.6 Å². The second-order valence-corrected chi connectivity index (χ2v) is 7.09. The molecule has 2 amide bonds. The van der Waals surface area contributed by atoms with Gasteiger partial charge in [-0.3, -0.25) is 5.32 Å². The predicted octanol–water partition coefficient (Wildman–Crippen LogP) is 2.91. The van der Waals surface area contributed by atoms with E-state index in [0.717, 1.165) is 25.1 Å². The Balaban J connectivity index is 1.59. The van der Waals surface area contributed by atoms with E-state index in [4.69, 9.17) is 0 Å². The van der Waals surface area contributed by atoms with Crippen LogP contribution in [0.25, 0.3) is 5.82 Å². The van der Waals surface area contributed by atoms with Gasteiger partial charge in [-0.25, -0.2) is 9.78 Å². The van der Waals surface area contributed by atoms with Crippen LogP contribution in [-0.4, -0.2) is 63.8 Å². The maximum atomic E-state index is 12.6. The first-order valence-electron chi connectivity index (χ1n) is 9.24. The Kier molecular flexibility index (Phi) is 5.88. The second-order valence-electron chi connectivity index (χ2n) is 7.09. The van der Waals surface area contributed by atoms with Gasteiger partial charge in [-0.05, 0) is 57.5 Å². The standard InChI is InChI=1S/C19H28N6O/c1-15-7-10-20-18(14-15)25-17(8-11-21-25)22-19(26)24(3)13-9-16-6-4-5-12-23(16)2/h7-8,10-11,14,16H,4-6,9,12-13H2,1-3H3,(H,22,26)/t16-/m1/s1. The van der Waals surface area contributed by atoms with Gasteiger partial charge in [0, 0.05) is 31.9 Å². The SMILES string of the molecule is Cc1ccnc(-n2nccc2NC(=O)N(C)CC[C@H]2CCCCN2C)c1. The molecule has 7 heteroatoms. The van der Waals surface area contributed by atoms with Crippen LogP contribution < -0.4 is 5.32 Å². The molecule has 0 radical (unpaired) electrons. The number of pyridine rings is 1. The minimum Gasteiger partial charge on any atom is -0.327 e. The second kappa shape index (κ2) is 8.31. The number of carbonyl (C=O) groups excluding carboxylic acids is 1. The fourth-order valence-corrected chi connectivity index (χ4v) is 3.37. The number of hydrogen-bond donors (Lipinski definition) is 1. The highest BCUT2D eigenvalue weighted by atomic mass is 16.2. The summed E-state index contributed by atoms with van der Waals surface area (Å²) in [4.78, 5) is 21.0. The molecule has 1 saturated heterocycles. The number of amides is 2. The lowest BCUT2D eigenvalue weighted by molar-refractivity contribution is 0.162. The molecule has 140 valence electrons. The molecule has 1 aliphatic heterocycles. The van der Waals surface area contributed by atoms with Crippen LogP contribution in [0.5, 0.6) is 0 Å². The van der Waals surface area contributed by atoms with E-state index in [1.54, 1.807) is 28.0 Å². The average molecular weight is 356 g/mol. The van der Waals surface area contributed by atoms with Crippen LogP contribution in [0.1, 0.15) is 31.2 Å². The van der Waals surface area contributed by atoms with E-state index >= 15 is 0 Å². The molecule has 0 saturated carbocycles. The van der Waals surface area contributed by atoms with Crippen molar-refractivity contribution in [1.29, 1.82) is 0 Å². The quantitative estimate of drug-likeness (QED) is 0.894. The van der Waals surface area contributed by atoms with Gasteiger partial charge in [-0.15, -0.1) is 0 Å². The third-order valence-electron chi connectivity index (χ3n) is 5.06. The van der Waals surface area contributed by atoms with Gasteiger partial charge in [0.1, 0.15) is 5.82 Å². The summed E-state index contributed by atoms with van der Waals surface area (Å²) in [5.41, 5.74) is 1.09. The number of nitrogens with zero attached hydrogens (tertiary/aromatic N) is 5. The summed E-state index contributed by atoms with van der Waals surface area (Å²) in [7, 11) is 4.01. The van der Waals surface area contributed by atoms with E-state index in [-0.39, 0.29) is 6.03 Å². The molecule has 2 aromatic rings. The van der Waals surface area contributed by atoms with Gasteiger partial charge in [-0.1, -0.05) is 6.42 Å². The normalized spacial score (nSPS) is 17.9. The third-order valence-corrected chi connectivity index (χ3v) is 5.06. The molecule has 0 aromatic carbocycles. The van der Waals surface area contributed by atoms with E-state index in [0.29, 0.717) is 17.7 Å². The zero-order valence-electron chi connectivity index (χ0n) is 15.9. The van der Waals surface area contributed by atoms with Crippen molar-refractivity contribution in [3.8, 4) is 5.82 Å². The summed E-state index contributed by atoms with van der Waals surface area (Å²) in [5.74, 6) is 1.31. The van der Waals surface area contributed by atoms with Crippen molar-refractivity contribution < 1.29 is 4.79 Å². The van der Waals surface area contributed by atoms with Gasteiger partial charge in [0.2, 0.25) is 0 Å². The highest BCUT2D eigenvalue weighted by Gasteiger charge is 2.20. The van der Waals surface area contributed by atoms with E-state index in [2.05, 4.69) is 27.3 Å². The topological polar surface area (TPSA) is 66.3 Å². The highest BCUT2D eigenvalue weighted by molar-refractivity contribution is 5.88. The first-order valence-corrected chi connectivity index (χ1v) is 9.24. The van der Waals surface area contributed by atoms with E-state index in [1.807, 2.05) is 26.1 Å². The van der Waals surface area contributed by atoms with E-state index < -0.39 is 0 Å². The fourth-order valence-electron chi connectivity index (χ4n) is 3.37. The Morgan fingerprint density at radius 3 is 2.96 bits per heavy atom. The van der Waals surface area contributed by atoms with E-state index in [9.17, 15) is 4.79 Å². The lowest BCUT2D eigenvalue weighted by Crippen LogP contribution is -2.40. The van der Waals surface area contributed by atoms with Crippen LogP contribution in [0.15, 0.2) is 30.6 Å². The number of nitrogens with one attached hydrogen (secondary N) is 1. The van der Waals surface area contributed by atoms with Crippen LogP contribution in [0.4, 0.5) is 10.6 Å². The molecule has 26 heavy (non-hydrogen) atoms. The van der Waals surface area contributed by atoms with Crippen LogP contribution in [0.3, 0.4) is 0 Å². The van der Waals surface area contributed by atoms with Crippen molar-refractivity contribution in [1.82, 2.24) is 24.6 Å². The fraction of sp³-hybridized carbons (Fsp3) is 0.526. The van der Waals surface area contributed by atoms with Crippen LogP contribution in [-0.2, 0) is 0 Å². The molecule has 1 atom stereocenters. The summed E-state index contributed by atoms with van der Waals surface area (Å²) < 4.78 is 1.65. The molecular weight excluding hydrogens is 328 g/mol. The summed E-state index contributed by atoms with van der Waals surface area (Å²) in [6, 6.07) is 6.09. The molecule has 0 bridgehead atoms. The van der Waals surface area contributed by atoms with Crippen LogP contribution in [0.2, 0.25) is 0 Å². The van der Waals surface area contributed by atoms with Crippen molar-refractivity contribution in [3.63, 3.8) is 0 Å². The minimum atomic E-state index is -0.127. The van der Waals surface area contributed by atoms with Crippen LogP contribution in [0, 0.1) is 6.92 Å². The lowest BCUT2D eigenvalue weighted by atomic mass is 10.00. The number of piperidine rings is 1. The molecule has 1 aliphatic rings. The summed E-state index contributed by atoms with van der Waals surface area (Å²) in [6.45, 7) is 3.89. The van der Waals surface area contributed by atoms with Crippen molar-refractivity contribution >= 4 is 11.8 Å². The molecule has 7 nitrogen and oxygen atoms in total. The Hall–Kier alpha value is -2.41. The van der Waals surface area contributed by atoms with Crippen molar-refractivity contribution in [2.24, 2.45) is 0 Å². The smallest absolute Gasteiger partial charge is 0.322 e. The largest absolute Gasteiger partial charge is 0.327 e. The summed E-state index contributed by atoms with van der Waals surface area (Å²) in [6.07, 6.45) is 8.19. The molecule has 0 spiro atoms. The molecule has 1 fully saturated rings. The Morgan fingerprint density at radius 1 is 1.35 bits per heavy atom. The predicted molar refractivity (Wildman–Crippen MR) is 103 cm³/mol. The maximum absolute atomic E-state index is 12.6. The van der Waals surface area contributed by atoms with Gasteiger partial charge in [0.25, 0.3) is 0 Å². The number of anilines is 1. The molecule has 1 N–H and O–H groups in total. The van der Waals surface area contributed by atoms with Gasteiger partial charge in [-0.2, -0.15) is 9.78 Å². The van der Waals surface area contributed by atoms with Crippen molar-refractivity contribution in [3.05, 3.63) is 36.2 Å².